The Hall–Kier alpha value is -2.09. The minimum atomic E-state index is 0.655. The second kappa shape index (κ2) is 6.19. The number of aryl methyl sites for hydroxylation is 1. The summed E-state index contributed by atoms with van der Waals surface area (Å²) in [5.74, 6) is 0.702. The number of carbonyl (C=O) groups excluding carboxylic acids is 1. The average Bonchev–Trinajstić information content (AvgIpc) is 2.48. The summed E-state index contributed by atoms with van der Waals surface area (Å²) < 4.78 is 5.14. The highest BCUT2D eigenvalue weighted by molar-refractivity contribution is 5.88. The molecule has 0 N–H and O–H groups in total. The summed E-state index contributed by atoms with van der Waals surface area (Å²) in [6, 6.07) is 14.0. The Morgan fingerprint density at radius 2 is 1.84 bits per heavy atom. The van der Waals surface area contributed by atoms with Gasteiger partial charge in [-0.1, -0.05) is 37.6 Å². The Labute approximate surface area is 114 Å². The van der Waals surface area contributed by atoms with Gasteiger partial charge in [-0.2, -0.15) is 0 Å². The van der Waals surface area contributed by atoms with Gasteiger partial charge in [0.25, 0.3) is 0 Å². The van der Waals surface area contributed by atoms with Gasteiger partial charge in [-0.05, 0) is 41.3 Å². The molecule has 0 heterocycles. The summed E-state index contributed by atoms with van der Waals surface area (Å²) in [7, 11) is 1.60. The van der Waals surface area contributed by atoms with E-state index in [0.717, 1.165) is 30.3 Å². The van der Waals surface area contributed by atoms with Gasteiger partial charge < -0.3 is 4.74 Å². The Morgan fingerprint density at radius 3 is 2.42 bits per heavy atom. The van der Waals surface area contributed by atoms with Crippen LogP contribution in [-0.2, 0) is 6.42 Å². The first-order valence-corrected chi connectivity index (χ1v) is 6.51. The van der Waals surface area contributed by atoms with E-state index in [1.54, 1.807) is 13.2 Å². The molecule has 0 aliphatic heterocycles. The van der Waals surface area contributed by atoms with Crippen LogP contribution in [0.5, 0.6) is 5.75 Å². The molecule has 2 rings (SSSR count). The van der Waals surface area contributed by atoms with E-state index in [4.69, 9.17) is 4.74 Å². The van der Waals surface area contributed by atoms with Crippen molar-refractivity contribution < 1.29 is 9.53 Å². The molecule has 0 unspecified atom stereocenters. The van der Waals surface area contributed by atoms with Crippen molar-refractivity contribution in [1.29, 1.82) is 0 Å². The standard InChI is InChI=1S/C17H18O2/c1-3-4-13-5-7-14(8-6-13)17-10-9-16(19-2)11-15(17)12-18/h5-12H,3-4H2,1-2H3. The van der Waals surface area contributed by atoms with Gasteiger partial charge in [-0.3, -0.25) is 4.79 Å². The van der Waals surface area contributed by atoms with Crippen LogP contribution in [-0.4, -0.2) is 13.4 Å². The molecule has 98 valence electrons. The zero-order valence-corrected chi connectivity index (χ0v) is 11.3. The number of aldehydes is 1. The van der Waals surface area contributed by atoms with Crippen LogP contribution in [0, 0.1) is 0 Å². The van der Waals surface area contributed by atoms with E-state index in [2.05, 4.69) is 31.2 Å². The third-order valence-corrected chi connectivity index (χ3v) is 3.19. The molecule has 0 aliphatic rings. The van der Waals surface area contributed by atoms with Crippen molar-refractivity contribution in [2.45, 2.75) is 19.8 Å². The van der Waals surface area contributed by atoms with E-state index < -0.39 is 0 Å². The molecule has 0 bridgehead atoms. The first kappa shape index (κ1) is 13.3. The van der Waals surface area contributed by atoms with Gasteiger partial charge in [-0.25, -0.2) is 0 Å². The topological polar surface area (TPSA) is 26.3 Å². The van der Waals surface area contributed by atoms with Crippen LogP contribution < -0.4 is 4.74 Å². The third-order valence-electron chi connectivity index (χ3n) is 3.19. The summed E-state index contributed by atoms with van der Waals surface area (Å²) in [6.45, 7) is 2.17. The minimum Gasteiger partial charge on any atom is -0.497 e. The molecule has 0 atom stereocenters. The van der Waals surface area contributed by atoms with Crippen LogP contribution in [0.15, 0.2) is 42.5 Å². The molecule has 0 spiro atoms. The van der Waals surface area contributed by atoms with Gasteiger partial charge in [0.15, 0.2) is 6.29 Å². The first-order chi connectivity index (χ1) is 9.28. The van der Waals surface area contributed by atoms with Crippen LogP contribution >= 0.6 is 0 Å². The van der Waals surface area contributed by atoms with E-state index in [1.807, 2.05) is 12.1 Å². The zero-order chi connectivity index (χ0) is 13.7. The Bertz CT molecular complexity index is 556. The monoisotopic (exact) mass is 254 g/mol. The lowest BCUT2D eigenvalue weighted by atomic mass is 9.98. The van der Waals surface area contributed by atoms with Crippen LogP contribution in [0.25, 0.3) is 11.1 Å². The molecular formula is C17H18O2. The molecule has 0 saturated carbocycles. The van der Waals surface area contributed by atoms with Gasteiger partial charge in [-0.15, -0.1) is 0 Å². The highest BCUT2D eigenvalue weighted by atomic mass is 16.5. The van der Waals surface area contributed by atoms with Crippen LogP contribution in [0.3, 0.4) is 0 Å². The molecule has 2 aromatic carbocycles. The number of ether oxygens (including phenoxy) is 1. The van der Waals surface area contributed by atoms with E-state index in [0.29, 0.717) is 11.3 Å². The van der Waals surface area contributed by atoms with Crippen LogP contribution in [0.4, 0.5) is 0 Å². The van der Waals surface area contributed by atoms with Gasteiger partial charge in [0.05, 0.1) is 7.11 Å². The summed E-state index contributed by atoms with van der Waals surface area (Å²) in [5.41, 5.74) is 3.98. The molecule has 0 radical (unpaired) electrons. The average molecular weight is 254 g/mol. The lowest BCUT2D eigenvalue weighted by Crippen LogP contribution is -1.91. The number of methoxy groups -OCH3 is 1. The summed E-state index contributed by atoms with van der Waals surface area (Å²) >= 11 is 0. The molecular weight excluding hydrogens is 236 g/mol. The first-order valence-electron chi connectivity index (χ1n) is 6.51. The minimum absolute atomic E-state index is 0.655. The van der Waals surface area contributed by atoms with Gasteiger partial charge in [0.1, 0.15) is 5.75 Å². The number of hydrogen-bond acceptors (Lipinski definition) is 2. The molecule has 2 heteroatoms. The summed E-state index contributed by atoms with van der Waals surface area (Å²) in [6.07, 6.45) is 3.10. The smallest absolute Gasteiger partial charge is 0.150 e. The van der Waals surface area contributed by atoms with Gasteiger partial charge >= 0.3 is 0 Å². The summed E-state index contributed by atoms with van der Waals surface area (Å²) in [5, 5.41) is 0. The number of benzene rings is 2. The fourth-order valence-corrected chi connectivity index (χ4v) is 2.17. The maximum Gasteiger partial charge on any atom is 0.150 e. The van der Waals surface area contributed by atoms with E-state index in [1.165, 1.54) is 5.56 Å². The van der Waals surface area contributed by atoms with E-state index >= 15 is 0 Å². The van der Waals surface area contributed by atoms with E-state index in [-0.39, 0.29) is 0 Å². The molecule has 0 fully saturated rings. The van der Waals surface area contributed by atoms with Gasteiger partial charge in [0, 0.05) is 5.56 Å². The maximum absolute atomic E-state index is 11.2. The fourth-order valence-electron chi connectivity index (χ4n) is 2.17. The van der Waals surface area contributed by atoms with Crippen molar-refractivity contribution in [1.82, 2.24) is 0 Å². The van der Waals surface area contributed by atoms with Crippen molar-refractivity contribution in [3.8, 4) is 16.9 Å². The number of hydrogen-bond donors (Lipinski definition) is 0. The van der Waals surface area contributed by atoms with Crippen molar-refractivity contribution in [2.75, 3.05) is 7.11 Å². The molecule has 0 aromatic heterocycles. The molecule has 19 heavy (non-hydrogen) atoms. The second-order valence-electron chi connectivity index (χ2n) is 4.52. The lowest BCUT2D eigenvalue weighted by molar-refractivity contribution is 0.112. The maximum atomic E-state index is 11.2. The third kappa shape index (κ3) is 3.02. The molecule has 0 aliphatic carbocycles. The van der Waals surface area contributed by atoms with Crippen molar-refractivity contribution in [2.24, 2.45) is 0 Å². The highest BCUT2D eigenvalue weighted by Crippen LogP contribution is 2.26. The molecule has 2 aromatic rings. The Balaban J connectivity index is 2.37. The van der Waals surface area contributed by atoms with Crippen molar-refractivity contribution >= 4 is 6.29 Å². The fraction of sp³-hybridized carbons (Fsp3) is 0.235. The predicted octanol–water partition coefficient (Wildman–Crippen LogP) is 4.13. The van der Waals surface area contributed by atoms with Crippen molar-refractivity contribution in [3.63, 3.8) is 0 Å². The summed E-state index contributed by atoms with van der Waals surface area (Å²) in [4.78, 5) is 11.2. The largest absolute Gasteiger partial charge is 0.497 e. The van der Waals surface area contributed by atoms with Gasteiger partial charge in [0.2, 0.25) is 0 Å². The molecule has 0 amide bonds. The molecule has 0 saturated heterocycles. The zero-order valence-electron chi connectivity index (χ0n) is 11.3. The normalized spacial score (nSPS) is 10.2. The highest BCUT2D eigenvalue weighted by Gasteiger charge is 2.06. The second-order valence-corrected chi connectivity index (χ2v) is 4.52. The quantitative estimate of drug-likeness (QED) is 0.750. The van der Waals surface area contributed by atoms with Crippen molar-refractivity contribution in [3.05, 3.63) is 53.6 Å². The Morgan fingerprint density at radius 1 is 1.11 bits per heavy atom. The van der Waals surface area contributed by atoms with Crippen LogP contribution in [0.2, 0.25) is 0 Å². The number of carbonyl (C=O) groups is 1. The lowest BCUT2D eigenvalue weighted by Gasteiger charge is -2.08. The Kier molecular flexibility index (Phi) is 4.35. The predicted molar refractivity (Wildman–Crippen MR) is 77.8 cm³/mol. The van der Waals surface area contributed by atoms with E-state index in [9.17, 15) is 4.79 Å². The number of rotatable bonds is 5. The van der Waals surface area contributed by atoms with Crippen LogP contribution in [0.1, 0.15) is 29.3 Å². The molecule has 2 nitrogen and oxygen atoms in total. The SMILES string of the molecule is CCCc1ccc(-c2ccc(OC)cc2C=O)cc1.